The molecule has 4 heteroatoms. The third-order valence-electron chi connectivity index (χ3n) is 3.02. The molecular formula is C14H21ClN2O. The molecule has 0 radical (unpaired) electrons. The van der Waals surface area contributed by atoms with Crippen LogP contribution in [0.15, 0.2) is 24.3 Å². The van der Waals surface area contributed by atoms with Gasteiger partial charge in [-0.3, -0.25) is 4.79 Å². The maximum absolute atomic E-state index is 11.9. The third-order valence-corrected chi connectivity index (χ3v) is 3.39. The number of halogens is 1. The Balaban J connectivity index is 2.54. The van der Waals surface area contributed by atoms with E-state index in [1.54, 1.807) is 0 Å². The predicted molar refractivity (Wildman–Crippen MR) is 75.6 cm³/mol. The van der Waals surface area contributed by atoms with E-state index in [4.69, 9.17) is 17.3 Å². The molecular weight excluding hydrogens is 248 g/mol. The summed E-state index contributed by atoms with van der Waals surface area (Å²) in [7, 11) is 0. The van der Waals surface area contributed by atoms with Crippen molar-refractivity contribution in [2.24, 2.45) is 11.7 Å². The van der Waals surface area contributed by atoms with Crippen molar-refractivity contribution in [3.8, 4) is 0 Å². The number of carbonyl (C=O) groups is 1. The first-order valence-corrected chi connectivity index (χ1v) is 6.70. The molecule has 0 aliphatic carbocycles. The van der Waals surface area contributed by atoms with Crippen LogP contribution in [-0.4, -0.2) is 18.5 Å². The summed E-state index contributed by atoms with van der Waals surface area (Å²) < 4.78 is 0. The van der Waals surface area contributed by atoms with Gasteiger partial charge in [-0.1, -0.05) is 36.7 Å². The minimum Gasteiger partial charge on any atom is -0.353 e. The lowest BCUT2D eigenvalue weighted by Gasteiger charge is -2.18. The zero-order valence-electron chi connectivity index (χ0n) is 10.9. The number of benzene rings is 1. The van der Waals surface area contributed by atoms with Crippen molar-refractivity contribution in [1.29, 1.82) is 0 Å². The first kappa shape index (κ1) is 15.0. The van der Waals surface area contributed by atoms with Crippen molar-refractivity contribution in [3.05, 3.63) is 34.9 Å². The fourth-order valence-corrected chi connectivity index (χ4v) is 2.08. The number of amides is 1. The second-order valence-electron chi connectivity index (χ2n) is 4.55. The summed E-state index contributed by atoms with van der Waals surface area (Å²) in [6.45, 7) is 4.33. The number of nitrogens with two attached hydrogens (primary N) is 1. The zero-order valence-corrected chi connectivity index (χ0v) is 11.7. The van der Waals surface area contributed by atoms with E-state index in [9.17, 15) is 4.79 Å². The van der Waals surface area contributed by atoms with Crippen LogP contribution in [0, 0.1) is 5.92 Å². The zero-order chi connectivity index (χ0) is 13.5. The predicted octanol–water partition coefficient (Wildman–Crippen LogP) is 2.37. The van der Waals surface area contributed by atoms with Crippen LogP contribution in [0.2, 0.25) is 5.02 Å². The van der Waals surface area contributed by atoms with Crippen molar-refractivity contribution in [3.63, 3.8) is 0 Å². The monoisotopic (exact) mass is 268 g/mol. The molecule has 3 nitrogen and oxygen atoms in total. The Morgan fingerprint density at radius 2 is 2.11 bits per heavy atom. The molecule has 0 aliphatic heterocycles. The molecule has 0 bridgehead atoms. The maximum atomic E-state index is 11.9. The average molecular weight is 269 g/mol. The highest BCUT2D eigenvalue weighted by atomic mass is 35.5. The number of hydrogen-bond donors (Lipinski definition) is 2. The quantitative estimate of drug-likeness (QED) is 0.832. The summed E-state index contributed by atoms with van der Waals surface area (Å²) in [5.74, 6) is -0.0711. The van der Waals surface area contributed by atoms with Crippen molar-refractivity contribution < 1.29 is 4.79 Å². The van der Waals surface area contributed by atoms with E-state index in [1.165, 1.54) is 0 Å². The van der Waals surface area contributed by atoms with Crippen molar-refractivity contribution >= 4 is 17.5 Å². The molecule has 1 aromatic rings. The van der Waals surface area contributed by atoms with Gasteiger partial charge >= 0.3 is 0 Å². The second kappa shape index (κ2) is 7.39. The highest BCUT2D eigenvalue weighted by molar-refractivity contribution is 6.31. The lowest BCUT2D eigenvalue weighted by atomic mass is 10.0. The van der Waals surface area contributed by atoms with Gasteiger partial charge in [0.1, 0.15) is 0 Å². The highest BCUT2D eigenvalue weighted by Gasteiger charge is 2.17. The minimum absolute atomic E-state index is 0.0274. The molecule has 0 fully saturated rings. The highest BCUT2D eigenvalue weighted by Crippen LogP contribution is 2.16. The summed E-state index contributed by atoms with van der Waals surface area (Å²) in [6.07, 6.45) is 1.49. The second-order valence-corrected chi connectivity index (χ2v) is 4.95. The van der Waals surface area contributed by atoms with E-state index >= 15 is 0 Å². The van der Waals surface area contributed by atoms with Gasteiger partial charge in [0, 0.05) is 23.5 Å². The molecule has 0 saturated heterocycles. The summed E-state index contributed by atoms with van der Waals surface area (Å²) in [6, 6.07) is 7.74. The van der Waals surface area contributed by atoms with Crippen LogP contribution >= 0.6 is 11.6 Å². The van der Waals surface area contributed by atoms with Gasteiger partial charge in [0.2, 0.25) is 5.91 Å². The summed E-state index contributed by atoms with van der Waals surface area (Å²) >= 11 is 6.09. The maximum Gasteiger partial charge on any atom is 0.224 e. The molecule has 1 amide bonds. The lowest BCUT2D eigenvalue weighted by Crippen LogP contribution is -2.40. The molecule has 100 valence electrons. The lowest BCUT2D eigenvalue weighted by molar-refractivity contribution is -0.125. The number of rotatable bonds is 6. The topological polar surface area (TPSA) is 55.1 Å². The smallest absolute Gasteiger partial charge is 0.224 e. The van der Waals surface area contributed by atoms with Crippen molar-refractivity contribution in [2.75, 3.05) is 6.54 Å². The van der Waals surface area contributed by atoms with E-state index in [1.807, 2.05) is 38.1 Å². The normalized spacial score (nSPS) is 14.0. The van der Waals surface area contributed by atoms with E-state index in [2.05, 4.69) is 5.32 Å². The van der Waals surface area contributed by atoms with Crippen LogP contribution < -0.4 is 11.1 Å². The van der Waals surface area contributed by atoms with Crippen LogP contribution in [0.5, 0.6) is 0 Å². The van der Waals surface area contributed by atoms with Crippen molar-refractivity contribution in [2.45, 2.75) is 32.7 Å². The third kappa shape index (κ3) is 4.31. The Morgan fingerprint density at radius 3 is 2.67 bits per heavy atom. The number of hydrogen-bond acceptors (Lipinski definition) is 2. The van der Waals surface area contributed by atoms with Gasteiger partial charge in [-0.25, -0.2) is 0 Å². The van der Waals surface area contributed by atoms with Gasteiger partial charge in [0.25, 0.3) is 0 Å². The first-order chi connectivity index (χ1) is 8.58. The van der Waals surface area contributed by atoms with Gasteiger partial charge in [0.15, 0.2) is 0 Å². The van der Waals surface area contributed by atoms with E-state index in [0.717, 1.165) is 23.4 Å². The van der Waals surface area contributed by atoms with Gasteiger partial charge < -0.3 is 11.1 Å². The fraction of sp³-hybridized carbons (Fsp3) is 0.500. The summed E-state index contributed by atoms with van der Waals surface area (Å²) in [4.78, 5) is 11.9. The summed E-state index contributed by atoms with van der Waals surface area (Å²) in [5, 5.41) is 3.72. The van der Waals surface area contributed by atoms with Crippen LogP contribution in [0.1, 0.15) is 25.8 Å². The molecule has 0 spiro atoms. The fourth-order valence-electron chi connectivity index (χ4n) is 1.86. The molecule has 2 unspecified atom stereocenters. The van der Waals surface area contributed by atoms with E-state index in [-0.39, 0.29) is 17.9 Å². The number of nitrogens with one attached hydrogen (secondary N) is 1. The molecule has 2 atom stereocenters. The molecule has 0 aliphatic rings. The molecule has 18 heavy (non-hydrogen) atoms. The molecule has 3 N–H and O–H groups in total. The van der Waals surface area contributed by atoms with E-state index < -0.39 is 0 Å². The van der Waals surface area contributed by atoms with Gasteiger partial charge in [-0.05, 0) is 31.4 Å². The Hall–Kier alpha value is -1.06. The molecule has 0 heterocycles. The van der Waals surface area contributed by atoms with Crippen LogP contribution in [-0.2, 0) is 11.2 Å². The van der Waals surface area contributed by atoms with Gasteiger partial charge in [-0.2, -0.15) is 0 Å². The number of carbonyl (C=O) groups excluding carboxylic acids is 1. The van der Waals surface area contributed by atoms with Gasteiger partial charge in [0.05, 0.1) is 0 Å². The minimum atomic E-state index is -0.0984. The molecule has 1 aromatic carbocycles. The SMILES string of the molecule is CCC(CN)C(=O)NC(C)Cc1ccccc1Cl. The summed E-state index contributed by atoms with van der Waals surface area (Å²) in [5.41, 5.74) is 6.60. The molecule has 1 rings (SSSR count). The molecule has 0 aromatic heterocycles. The largest absolute Gasteiger partial charge is 0.353 e. The Kier molecular flexibility index (Phi) is 6.16. The Labute approximate surface area is 114 Å². The van der Waals surface area contributed by atoms with Crippen LogP contribution in [0.3, 0.4) is 0 Å². The average Bonchev–Trinajstić information content (AvgIpc) is 2.33. The Morgan fingerprint density at radius 1 is 1.44 bits per heavy atom. The van der Waals surface area contributed by atoms with Crippen LogP contribution in [0.4, 0.5) is 0 Å². The van der Waals surface area contributed by atoms with E-state index in [0.29, 0.717) is 6.54 Å². The van der Waals surface area contributed by atoms with Crippen molar-refractivity contribution in [1.82, 2.24) is 5.32 Å². The Bertz CT molecular complexity index is 391. The standard InChI is InChI=1S/C14H21ClN2O/c1-3-11(9-16)14(18)17-10(2)8-12-6-4-5-7-13(12)15/h4-7,10-11H,3,8-9,16H2,1-2H3,(H,17,18). The molecule has 0 saturated carbocycles. The first-order valence-electron chi connectivity index (χ1n) is 6.32. The van der Waals surface area contributed by atoms with Crippen LogP contribution in [0.25, 0.3) is 0 Å². The van der Waals surface area contributed by atoms with Gasteiger partial charge in [-0.15, -0.1) is 0 Å².